The summed E-state index contributed by atoms with van der Waals surface area (Å²) < 4.78 is 3.03. The number of halogens is 1. The molecule has 1 amide bonds. The lowest BCUT2D eigenvalue weighted by atomic mass is 10.1. The predicted molar refractivity (Wildman–Crippen MR) is 95.2 cm³/mol. The van der Waals surface area contributed by atoms with Crippen molar-refractivity contribution in [3.63, 3.8) is 0 Å². The fourth-order valence-corrected chi connectivity index (χ4v) is 2.91. The third kappa shape index (κ3) is 3.08. The van der Waals surface area contributed by atoms with Crippen molar-refractivity contribution in [3.8, 4) is 0 Å². The van der Waals surface area contributed by atoms with Gasteiger partial charge >= 0.3 is 5.69 Å². The molecule has 0 spiro atoms. The fraction of sp³-hybridized carbons (Fsp3) is 0.222. The Hall–Kier alpha value is -2.53. The topological polar surface area (TPSA) is 56.0 Å². The van der Waals surface area contributed by atoms with Crippen molar-refractivity contribution in [1.29, 1.82) is 0 Å². The number of carbonyl (C=O) groups is 1. The molecule has 24 heavy (non-hydrogen) atoms. The van der Waals surface area contributed by atoms with Crippen LogP contribution in [0.5, 0.6) is 0 Å². The molecule has 0 radical (unpaired) electrons. The molecule has 0 unspecified atom stereocenters. The van der Waals surface area contributed by atoms with E-state index in [2.05, 4.69) is 5.32 Å². The van der Waals surface area contributed by atoms with Crippen LogP contribution in [0.1, 0.15) is 18.5 Å². The quantitative estimate of drug-likeness (QED) is 0.792. The van der Waals surface area contributed by atoms with Crippen LogP contribution in [-0.2, 0) is 18.4 Å². The van der Waals surface area contributed by atoms with E-state index in [0.29, 0.717) is 5.02 Å². The Balaban J connectivity index is 1.79. The summed E-state index contributed by atoms with van der Waals surface area (Å²) in [5.74, 6) is -0.212. The zero-order chi connectivity index (χ0) is 17.3. The van der Waals surface area contributed by atoms with Crippen LogP contribution < -0.4 is 11.0 Å². The van der Waals surface area contributed by atoms with Gasteiger partial charge in [0.15, 0.2) is 0 Å². The lowest BCUT2D eigenvalue weighted by Crippen LogP contribution is -2.34. The Morgan fingerprint density at radius 2 is 1.75 bits per heavy atom. The molecule has 6 heteroatoms. The van der Waals surface area contributed by atoms with Crippen molar-refractivity contribution in [2.45, 2.75) is 19.5 Å². The van der Waals surface area contributed by atoms with E-state index < -0.39 is 0 Å². The van der Waals surface area contributed by atoms with E-state index in [0.717, 1.165) is 16.6 Å². The van der Waals surface area contributed by atoms with E-state index in [1.165, 1.54) is 4.57 Å². The van der Waals surface area contributed by atoms with Crippen molar-refractivity contribution in [2.75, 3.05) is 0 Å². The fourth-order valence-electron chi connectivity index (χ4n) is 2.78. The van der Waals surface area contributed by atoms with Gasteiger partial charge in [-0.15, -0.1) is 0 Å². The molecule has 0 fully saturated rings. The Labute approximate surface area is 144 Å². The number of imidazole rings is 1. The van der Waals surface area contributed by atoms with E-state index in [-0.39, 0.29) is 24.2 Å². The van der Waals surface area contributed by atoms with Crippen molar-refractivity contribution in [2.24, 2.45) is 7.05 Å². The number of rotatable bonds is 4. The molecular weight excluding hydrogens is 326 g/mol. The molecule has 124 valence electrons. The SMILES string of the molecule is C[C@H](NC(=O)Cn1c(=O)n(C)c2ccccc21)c1ccc(Cl)cc1. The highest BCUT2D eigenvalue weighted by Gasteiger charge is 2.15. The Morgan fingerprint density at radius 3 is 2.42 bits per heavy atom. The highest BCUT2D eigenvalue weighted by atomic mass is 35.5. The summed E-state index contributed by atoms with van der Waals surface area (Å²) in [6.07, 6.45) is 0. The summed E-state index contributed by atoms with van der Waals surface area (Å²) in [4.78, 5) is 24.7. The molecule has 0 saturated carbocycles. The van der Waals surface area contributed by atoms with Gasteiger partial charge in [0.05, 0.1) is 17.1 Å². The molecule has 1 N–H and O–H groups in total. The van der Waals surface area contributed by atoms with Crippen LogP contribution in [0, 0.1) is 0 Å². The minimum absolute atomic E-state index is 0.0158. The van der Waals surface area contributed by atoms with Crippen molar-refractivity contribution < 1.29 is 4.79 Å². The highest BCUT2D eigenvalue weighted by Crippen LogP contribution is 2.16. The first kappa shape index (κ1) is 16.3. The van der Waals surface area contributed by atoms with Gasteiger partial charge in [0.1, 0.15) is 6.54 Å². The maximum absolute atomic E-state index is 12.4. The summed E-state index contributed by atoms with van der Waals surface area (Å²) in [6, 6.07) is 14.6. The average Bonchev–Trinajstić information content (AvgIpc) is 2.81. The molecule has 1 heterocycles. The summed E-state index contributed by atoms with van der Waals surface area (Å²) in [5, 5.41) is 3.57. The molecule has 3 aromatic rings. The first-order chi connectivity index (χ1) is 11.5. The van der Waals surface area contributed by atoms with Gasteiger partial charge in [0.2, 0.25) is 5.91 Å². The summed E-state index contributed by atoms with van der Waals surface area (Å²) in [7, 11) is 1.70. The molecule has 5 nitrogen and oxygen atoms in total. The molecular formula is C18H18ClN3O2. The number of aromatic nitrogens is 2. The first-order valence-corrected chi connectivity index (χ1v) is 8.04. The number of nitrogens with one attached hydrogen (secondary N) is 1. The number of fused-ring (bicyclic) bond motifs is 1. The number of amides is 1. The lowest BCUT2D eigenvalue weighted by Gasteiger charge is -2.14. The minimum Gasteiger partial charge on any atom is -0.348 e. The Kier molecular flexibility index (Phi) is 4.44. The Bertz CT molecular complexity index is 941. The molecule has 0 aliphatic heterocycles. The molecule has 0 aliphatic carbocycles. The second-order valence-electron chi connectivity index (χ2n) is 5.76. The number of benzene rings is 2. The van der Waals surface area contributed by atoms with Crippen LogP contribution in [0.15, 0.2) is 53.3 Å². The maximum Gasteiger partial charge on any atom is 0.329 e. The summed E-state index contributed by atoms with van der Waals surface area (Å²) >= 11 is 5.88. The van der Waals surface area contributed by atoms with Gasteiger partial charge in [-0.25, -0.2) is 4.79 Å². The third-order valence-electron chi connectivity index (χ3n) is 4.10. The number of hydrogen-bond acceptors (Lipinski definition) is 2. The van der Waals surface area contributed by atoms with Crippen LogP contribution in [0.25, 0.3) is 11.0 Å². The van der Waals surface area contributed by atoms with Gasteiger partial charge in [-0.3, -0.25) is 13.9 Å². The zero-order valence-electron chi connectivity index (χ0n) is 13.5. The standard InChI is InChI=1S/C18H18ClN3O2/c1-12(13-7-9-14(19)10-8-13)20-17(23)11-22-16-6-4-3-5-15(16)21(2)18(22)24/h3-10,12H,11H2,1-2H3,(H,20,23)/t12-/m0/s1. The van der Waals surface area contributed by atoms with Crippen LogP contribution in [0.3, 0.4) is 0 Å². The van der Waals surface area contributed by atoms with Gasteiger partial charge in [-0.1, -0.05) is 35.9 Å². The van der Waals surface area contributed by atoms with E-state index in [1.807, 2.05) is 43.3 Å². The monoisotopic (exact) mass is 343 g/mol. The number of carbonyl (C=O) groups excluding carboxylic acids is 1. The van der Waals surface area contributed by atoms with Crippen molar-refractivity contribution in [3.05, 3.63) is 69.6 Å². The molecule has 0 aliphatic rings. The second-order valence-corrected chi connectivity index (χ2v) is 6.19. The molecule has 0 saturated heterocycles. The Morgan fingerprint density at radius 1 is 1.12 bits per heavy atom. The largest absolute Gasteiger partial charge is 0.348 e. The van der Waals surface area contributed by atoms with Crippen LogP contribution in [0.4, 0.5) is 0 Å². The summed E-state index contributed by atoms with van der Waals surface area (Å²) in [5.41, 5.74) is 2.31. The lowest BCUT2D eigenvalue weighted by molar-refractivity contribution is -0.122. The van der Waals surface area contributed by atoms with Crippen molar-refractivity contribution >= 4 is 28.5 Å². The van der Waals surface area contributed by atoms with Crippen LogP contribution in [-0.4, -0.2) is 15.0 Å². The summed E-state index contributed by atoms with van der Waals surface area (Å²) in [6.45, 7) is 1.88. The number of para-hydroxylation sites is 2. The van der Waals surface area contributed by atoms with Gasteiger partial charge in [0.25, 0.3) is 0 Å². The van der Waals surface area contributed by atoms with E-state index in [9.17, 15) is 9.59 Å². The van der Waals surface area contributed by atoms with Crippen LogP contribution >= 0.6 is 11.6 Å². The van der Waals surface area contributed by atoms with Gasteiger partial charge < -0.3 is 5.32 Å². The average molecular weight is 344 g/mol. The maximum atomic E-state index is 12.4. The van der Waals surface area contributed by atoms with Gasteiger partial charge in [-0.2, -0.15) is 0 Å². The van der Waals surface area contributed by atoms with Gasteiger partial charge in [-0.05, 0) is 36.8 Å². The predicted octanol–water partition coefficient (Wildman–Crippen LogP) is 2.87. The minimum atomic E-state index is -0.212. The molecule has 1 atom stereocenters. The van der Waals surface area contributed by atoms with Crippen LogP contribution in [0.2, 0.25) is 5.02 Å². The number of nitrogens with zero attached hydrogens (tertiary/aromatic N) is 2. The van der Waals surface area contributed by atoms with E-state index >= 15 is 0 Å². The molecule has 3 rings (SSSR count). The second kappa shape index (κ2) is 6.53. The molecule has 0 bridgehead atoms. The number of hydrogen-bond donors (Lipinski definition) is 1. The first-order valence-electron chi connectivity index (χ1n) is 7.66. The highest BCUT2D eigenvalue weighted by molar-refractivity contribution is 6.30. The van der Waals surface area contributed by atoms with Gasteiger partial charge in [0, 0.05) is 12.1 Å². The van der Waals surface area contributed by atoms with Crippen molar-refractivity contribution in [1.82, 2.24) is 14.5 Å². The van der Waals surface area contributed by atoms with E-state index in [1.54, 1.807) is 23.7 Å². The molecule has 1 aromatic heterocycles. The molecule has 2 aromatic carbocycles. The zero-order valence-corrected chi connectivity index (χ0v) is 14.2. The normalized spacial score (nSPS) is 12.3. The smallest absolute Gasteiger partial charge is 0.329 e. The van der Waals surface area contributed by atoms with E-state index in [4.69, 9.17) is 11.6 Å². The third-order valence-corrected chi connectivity index (χ3v) is 4.35. The number of aryl methyl sites for hydroxylation is 1.